The molecule has 0 bridgehead atoms. The van der Waals surface area contributed by atoms with Crippen LogP contribution in [-0.4, -0.2) is 19.0 Å². The molecule has 33 heavy (non-hydrogen) atoms. The zero-order valence-corrected chi connectivity index (χ0v) is 18.5. The molecule has 168 valence electrons. The molecule has 1 amide bonds. The largest absolute Gasteiger partial charge is 0.466 e. The fraction of sp³-hybridized carbons (Fsp3) is 0.214. The van der Waals surface area contributed by atoms with E-state index in [0.717, 1.165) is 30.4 Å². The Morgan fingerprint density at radius 3 is 2.36 bits per heavy atom. The molecule has 0 aromatic heterocycles. The number of esters is 1. The van der Waals surface area contributed by atoms with E-state index in [-0.39, 0.29) is 23.7 Å². The van der Waals surface area contributed by atoms with Gasteiger partial charge in [-0.3, -0.25) is 4.79 Å². The first-order chi connectivity index (χ1) is 16.1. The molecule has 1 heterocycles. The number of halogens is 1. The van der Waals surface area contributed by atoms with Crippen LogP contribution < -0.4 is 4.90 Å². The number of β-lactam (4-membered cyclic amide) rings is 1. The summed E-state index contributed by atoms with van der Waals surface area (Å²) < 4.78 is 18.1. The molecule has 3 aromatic rings. The Hall–Kier alpha value is -3.73. The number of rotatable bonds is 8. The predicted octanol–water partition coefficient (Wildman–Crippen LogP) is 5.74. The van der Waals surface area contributed by atoms with Crippen LogP contribution in [0.3, 0.4) is 0 Å². The zero-order valence-electron chi connectivity index (χ0n) is 18.5. The minimum atomic E-state index is -0.412. The molecule has 0 saturated carbocycles. The summed E-state index contributed by atoms with van der Waals surface area (Å²) in [4.78, 5) is 26.2. The van der Waals surface area contributed by atoms with E-state index in [0.29, 0.717) is 5.69 Å². The standard InChI is InChI=1S/C28H26FNO3/c1-33-26(31)19-12-21-10-13-22(14-11-21)27-25(9-5-8-20-6-3-2-4-7-20)28(32)30(27)24-17-15-23(29)16-18-24/h2-4,6-7,10-19,25,27H,5,8-9H2,1H3. The van der Waals surface area contributed by atoms with Crippen molar-refractivity contribution in [1.82, 2.24) is 0 Å². The smallest absolute Gasteiger partial charge is 0.330 e. The summed E-state index contributed by atoms with van der Waals surface area (Å²) in [7, 11) is 1.34. The molecule has 4 rings (SSSR count). The molecular weight excluding hydrogens is 417 g/mol. The van der Waals surface area contributed by atoms with Gasteiger partial charge in [-0.1, -0.05) is 54.6 Å². The average molecular weight is 444 g/mol. The number of carbonyl (C=O) groups excluding carboxylic acids is 2. The van der Waals surface area contributed by atoms with Gasteiger partial charge in [-0.25, -0.2) is 9.18 Å². The minimum Gasteiger partial charge on any atom is -0.466 e. The summed E-state index contributed by atoms with van der Waals surface area (Å²) >= 11 is 0. The van der Waals surface area contributed by atoms with Gasteiger partial charge in [-0.05, 0) is 66.3 Å². The molecule has 0 N–H and O–H groups in total. The van der Waals surface area contributed by atoms with Crippen LogP contribution in [0.4, 0.5) is 10.1 Å². The van der Waals surface area contributed by atoms with Crippen molar-refractivity contribution in [2.24, 2.45) is 5.92 Å². The molecule has 0 radical (unpaired) electrons. The first-order valence-electron chi connectivity index (χ1n) is 11.1. The van der Waals surface area contributed by atoms with Crippen molar-refractivity contribution < 1.29 is 18.7 Å². The summed E-state index contributed by atoms with van der Waals surface area (Å²) in [5.74, 6) is -0.807. The molecule has 0 aliphatic carbocycles. The normalized spacial score (nSPS) is 17.8. The Kier molecular flexibility index (Phi) is 6.98. The second-order valence-electron chi connectivity index (χ2n) is 8.14. The fourth-order valence-electron chi connectivity index (χ4n) is 4.31. The monoisotopic (exact) mass is 443 g/mol. The zero-order chi connectivity index (χ0) is 23.2. The molecule has 2 unspecified atom stereocenters. The molecule has 1 aliphatic rings. The lowest BCUT2D eigenvalue weighted by Crippen LogP contribution is -2.55. The molecule has 5 heteroatoms. The summed E-state index contributed by atoms with van der Waals surface area (Å²) in [5, 5.41) is 0. The van der Waals surface area contributed by atoms with E-state index in [1.807, 2.05) is 42.5 Å². The number of hydrogen-bond acceptors (Lipinski definition) is 3. The van der Waals surface area contributed by atoms with Crippen LogP contribution in [0, 0.1) is 11.7 Å². The lowest BCUT2D eigenvalue weighted by molar-refractivity contribution is -0.134. The summed E-state index contributed by atoms with van der Waals surface area (Å²) in [5.41, 5.74) is 3.83. The first kappa shape index (κ1) is 22.5. The van der Waals surface area contributed by atoms with Gasteiger partial charge in [0.15, 0.2) is 0 Å². The predicted molar refractivity (Wildman–Crippen MR) is 127 cm³/mol. The van der Waals surface area contributed by atoms with Crippen molar-refractivity contribution in [2.45, 2.75) is 25.3 Å². The van der Waals surface area contributed by atoms with Crippen LogP contribution in [0.2, 0.25) is 0 Å². The molecule has 1 saturated heterocycles. The summed E-state index contributed by atoms with van der Waals surface area (Å²) in [6.07, 6.45) is 5.68. The molecule has 1 fully saturated rings. The van der Waals surface area contributed by atoms with Gasteiger partial charge in [0.2, 0.25) is 5.91 Å². The van der Waals surface area contributed by atoms with E-state index < -0.39 is 5.97 Å². The molecule has 3 aromatic carbocycles. The van der Waals surface area contributed by atoms with Crippen molar-refractivity contribution in [3.8, 4) is 0 Å². The van der Waals surface area contributed by atoms with Gasteiger partial charge in [0.25, 0.3) is 0 Å². The number of hydrogen-bond donors (Lipinski definition) is 0. The van der Waals surface area contributed by atoms with Crippen molar-refractivity contribution >= 4 is 23.6 Å². The van der Waals surface area contributed by atoms with E-state index in [1.54, 1.807) is 23.1 Å². The maximum atomic E-state index is 13.5. The first-order valence-corrected chi connectivity index (χ1v) is 11.1. The quantitative estimate of drug-likeness (QED) is 0.253. The van der Waals surface area contributed by atoms with Gasteiger partial charge in [-0.15, -0.1) is 0 Å². The van der Waals surface area contributed by atoms with E-state index in [4.69, 9.17) is 0 Å². The van der Waals surface area contributed by atoms with Crippen LogP contribution in [0.5, 0.6) is 0 Å². The third-order valence-corrected chi connectivity index (χ3v) is 6.03. The van der Waals surface area contributed by atoms with E-state index in [1.165, 1.54) is 30.9 Å². The second-order valence-corrected chi connectivity index (χ2v) is 8.14. The Morgan fingerprint density at radius 2 is 1.70 bits per heavy atom. The third-order valence-electron chi connectivity index (χ3n) is 6.03. The molecule has 2 atom stereocenters. The summed E-state index contributed by atoms with van der Waals surface area (Å²) in [6.45, 7) is 0. The van der Waals surface area contributed by atoms with E-state index in [9.17, 15) is 14.0 Å². The number of carbonyl (C=O) groups is 2. The van der Waals surface area contributed by atoms with Crippen LogP contribution >= 0.6 is 0 Å². The van der Waals surface area contributed by atoms with Gasteiger partial charge >= 0.3 is 5.97 Å². The highest BCUT2D eigenvalue weighted by Gasteiger charge is 2.48. The topological polar surface area (TPSA) is 46.6 Å². The van der Waals surface area contributed by atoms with Gasteiger partial charge in [-0.2, -0.15) is 0 Å². The number of benzene rings is 3. The lowest BCUT2D eigenvalue weighted by atomic mass is 9.78. The highest BCUT2D eigenvalue weighted by Crippen LogP contribution is 2.45. The summed E-state index contributed by atoms with van der Waals surface area (Å²) in [6, 6.07) is 24.0. The van der Waals surface area contributed by atoms with Crippen molar-refractivity contribution in [1.29, 1.82) is 0 Å². The van der Waals surface area contributed by atoms with Crippen LogP contribution in [-0.2, 0) is 20.7 Å². The SMILES string of the molecule is COC(=O)C=Cc1ccc(C2C(CCCc3ccccc3)C(=O)N2c2ccc(F)cc2)cc1. The van der Waals surface area contributed by atoms with Crippen LogP contribution in [0.25, 0.3) is 6.08 Å². The molecule has 4 nitrogen and oxygen atoms in total. The number of anilines is 1. The van der Waals surface area contributed by atoms with E-state index >= 15 is 0 Å². The second kappa shape index (κ2) is 10.3. The number of nitrogens with zero attached hydrogens (tertiary/aromatic N) is 1. The number of ether oxygens (including phenoxy) is 1. The number of aryl methyl sites for hydroxylation is 1. The van der Waals surface area contributed by atoms with E-state index in [2.05, 4.69) is 16.9 Å². The van der Waals surface area contributed by atoms with Gasteiger partial charge < -0.3 is 9.64 Å². The highest BCUT2D eigenvalue weighted by molar-refractivity contribution is 6.03. The number of methoxy groups -OCH3 is 1. The highest BCUT2D eigenvalue weighted by atomic mass is 19.1. The van der Waals surface area contributed by atoms with Gasteiger partial charge in [0.05, 0.1) is 19.1 Å². The molecule has 1 aliphatic heterocycles. The van der Waals surface area contributed by atoms with Crippen LogP contribution in [0.1, 0.15) is 35.6 Å². The van der Waals surface area contributed by atoms with Gasteiger partial charge in [0.1, 0.15) is 5.82 Å². The minimum absolute atomic E-state index is 0.0642. The maximum Gasteiger partial charge on any atom is 0.330 e. The third kappa shape index (κ3) is 5.20. The van der Waals surface area contributed by atoms with Crippen molar-refractivity contribution in [2.75, 3.05) is 12.0 Å². The Balaban J connectivity index is 1.53. The van der Waals surface area contributed by atoms with Crippen LogP contribution in [0.15, 0.2) is 84.9 Å². The Morgan fingerprint density at radius 1 is 1.00 bits per heavy atom. The fourth-order valence-corrected chi connectivity index (χ4v) is 4.31. The molecule has 0 spiro atoms. The lowest BCUT2D eigenvalue weighted by Gasteiger charge is -2.47. The van der Waals surface area contributed by atoms with Gasteiger partial charge in [0, 0.05) is 11.8 Å². The Bertz CT molecular complexity index is 1120. The number of amides is 1. The Labute approximate surface area is 193 Å². The van der Waals surface area contributed by atoms with Crippen molar-refractivity contribution in [3.63, 3.8) is 0 Å². The maximum absolute atomic E-state index is 13.5. The van der Waals surface area contributed by atoms with Crippen molar-refractivity contribution in [3.05, 3.63) is 107 Å². The molecular formula is C28H26FNO3. The average Bonchev–Trinajstić information content (AvgIpc) is 2.85.